The molecule has 15 heavy (non-hydrogen) atoms. The van der Waals surface area contributed by atoms with Gasteiger partial charge >= 0.3 is 0 Å². The SMILES string of the molecule is OC1CCCC2c3cc(Cl)ccc3OC12. The van der Waals surface area contributed by atoms with Crippen molar-refractivity contribution in [2.75, 3.05) is 0 Å². The molecule has 0 spiro atoms. The molecule has 1 aliphatic carbocycles. The van der Waals surface area contributed by atoms with Crippen LogP contribution >= 0.6 is 11.6 Å². The summed E-state index contributed by atoms with van der Waals surface area (Å²) in [6, 6.07) is 5.71. The molecule has 1 aliphatic heterocycles. The molecular formula is C12H13ClO2. The first-order chi connectivity index (χ1) is 7.25. The van der Waals surface area contributed by atoms with E-state index < -0.39 is 0 Å². The summed E-state index contributed by atoms with van der Waals surface area (Å²) < 4.78 is 5.77. The van der Waals surface area contributed by atoms with Crippen molar-refractivity contribution in [3.8, 4) is 5.75 Å². The molecule has 3 rings (SSSR count). The van der Waals surface area contributed by atoms with E-state index in [0.717, 1.165) is 30.0 Å². The highest BCUT2D eigenvalue weighted by Crippen LogP contribution is 2.46. The molecule has 2 nitrogen and oxygen atoms in total. The number of ether oxygens (including phenoxy) is 1. The smallest absolute Gasteiger partial charge is 0.131 e. The molecule has 1 fully saturated rings. The number of aliphatic hydroxyl groups excluding tert-OH is 1. The molecule has 0 radical (unpaired) electrons. The fraction of sp³-hybridized carbons (Fsp3) is 0.500. The number of aliphatic hydroxyl groups is 1. The second-order valence-electron chi connectivity index (χ2n) is 4.37. The molecule has 1 saturated carbocycles. The van der Waals surface area contributed by atoms with Crippen LogP contribution in [0.15, 0.2) is 18.2 Å². The van der Waals surface area contributed by atoms with E-state index in [2.05, 4.69) is 0 Å². The minimum atomic E-state index is -0.324. The van der Waals surface area contributed by atoms with Crippen molar-refractivity contribution in [3.05, 3.63) is 28.8 Å². The van der Waals surface area contributed by atoms with Crippen molar-refractivity contribution in [2.45, 2.75) is 37.4 Å². The average Bonchev–Trinajstić information content (AvgIpc) is 2.58. The lowest BCUT2D eigenvalue weighted by Gasteiger charge is -2.29. The van der Waals surface area contributed by atoms with Crippen molar-refractivity contribution < 1.29 is 9.84 Å². The average molecular weight is 225 g/mol. The van der Waals surface area contributed by atoms with E-state index in [1.807, 2.05) is 18.2 Å². The summed E-state index contributed by atoms with van der Waals surface area (Å²) in [5.74, 6) is 1.23. The largest absolute Gasteiger partial charge is 0.487 e. The molecule has 3 atom stereocenters. The molecule has 0 saturated heterocycles. The molecule has 0 aromatic heterocycles. The van der Waals surface area contributed by atoms with E-state index in [4.69, 9.17) is 16.3 Å². The third kappa shape index (κ3) is 1.44. The molecular weight excluding hydrogens is 212 g/mol. The Morgan fingerprint density at radius 1 is 1.33 bits per heavy atom. The molecule has 0 bridgehead atoms. The van der Waals surface area contributed by atoms with Crippen molar-refractivity contribution in [3.63, 3.8) is 0 Å². The molecule has 1 N–H and O–H groups in total. The zero-order valence-corrected chi connectivity index (χ0v) is 9.07. The first kappa shape index (κ1) is 9.49. The Balaban J connectivity index is 2.01. The first-order valence-corrected chi connectivity index (χ1v) is 5.77. The van der Waals surface area contributed by atoms with Gasteiger partial charge in [0.2, 0.25) is 0 Å². The highest BCUT2D eigenvalue weighted by molar-refractivity contribution is 6.30. The predicted molar refractivity (Wildman–Crippen MR) is 58.5 cm³/mol. The lowest BCUT2D eigenvalue weighted by Crippen LogP contribution is -2.36. The summed E-state index contributed by atoms with van der Waals surface area (Å²) in [6.07, 6.45) is 2.64. The van der Waals surface area contributed by atoms with E-state index >= 15 is 0 Å². The second kappa shape index (κ2) is 3.39. The van der Waals surface area contributed by atoms with E-state index in [0.29, 0.717) is 5.92 Å². The minimum Gasteiger partial charge on any atom is -0.487 e. The van der Waals surface area contributed by atoms with Gasteiger partial charge in [-0.25, -0.2) is 0 Å². The molecule has 0 amide bonds. The van der Waals surface area contributed by atoms with Crippen LogP contribution in [0.3, 0.4) is 0 Å². The van der Waals surface area contributed by atoms with Crippen molar-refractivity contribution in [2.24, 2.45) is 0 Å². The maximum Gasteiger partial charge on any atom is 0.131 e. The van der Waals surface area contributed by atoms with Gasteiger partial charge in [0.1, 0.15) is 11.9 Å². The van der Waals surface area contributed by atoms with E-state index in [1.54, 1.807) is 0 Å². The third-order valence-electron chi connectivity index (χ3n) is 3.43. The van der Waals surface area contributed by atoms with Crippen LogP contribution in [0.1, 0.15) is 30.7 Å². The maximum absolute atomic E-state index is 9.86. The Morgan fingerprint density at radius 3 is 3.07 bits per heavy atom. The first-order valence-electron chi connectivity index (χ1n) is 5.40. The molecule has 1 aromatic rings. The van der Waals surface area contributed by atoms with E-state index in [1.165, 1.54) is 5.56 Å². The summed E-state index contributed by atoms with van der Waals surface area (Å²) in [7, 11) is 0. The third-order valence-corrected chi connectivity index (χ3v) is 3.66. The van der Waals surface area contributed by atoms with Crippen molar-refractivity contribution >= 4 is 11.6 Å². The van der Waals surface area contributed by atoms with E-state index in [9.17, 15) is 5.11 Å². The van der Waals surface area contributed by atoms with Gasteiger partial charge in [-0.2, -0.15) is 0 Å². The summed E-state index contributed by atoms with van der Waals surface area (Å²) in [4.78, 5) is 0. The second-order valence-corrected chi connectivity index (χ2v) is 4.81. The highest BCUT2D eigenvalue weighted by atomic mass is 35.5. The number of hydrogen-bond acceptors (Lipinski definition) is 2. The van der Waals surface area contributed by atoms with Crippen LogP contribution in [0, 0.1) is 0 Å². The number of fused-ring (bicyclic) bond motifs is 3. The monoisotopic (exact) mass is 224 g/mol. The number of rotatable bonds is 0. The normalized spacial score (nSPS) is 33.1. The summed E-state index contributed by atoms with van der Waals surface area (Å²) >= 11 is 5.97. The van der Waals surface area contributed by atoms with Gasteiger partial charge in [0.15, 0.2) is 0 Å². The molecule has 80 valence electrons. The Morgan fingerprint density at radius 2 is 2.20 bits per heavy atom. The van der Waals surface area contributed by atoms with E-state index in [-0.39, 0.29) is 12.2 Å². The van der Waals surface area contributed by atoms with Crippen molar-refractivity contribution in [1.82, 2.24) is 0 Å². The van der Waals surface area contributed by atoms with Gasteiger partial charge in [0, 0.05) is 16.5 Å². The number of hydrogen-bond donors (Lipinski definition) is 1. The van der Waals surface area contributed by atoms with Gasteiger partial charge in [-0.15, -0.1) is 0 Å². The van der Waals surface area contributed by atoms with Crippen LogP contribution < -0.4 is 4.74 Å². The number of halogens is 1. The topological polar surface area (TPSA) is 29.5 Å². The van der Waals surface area contributed by atoms with Crippen LogP contribution in [0.2, 0.25) is 5.02 Å². The Bertz CT molecular complexity index is 391. The van der Waals surface area contributed by atoms with Gasteiger partial charge in [-0.3, -0.25) is 0 Å². The standard InChI is InChI=1S/C12H13ClO2/c13-7-4-5-11-9(6-7)8-2-1-3-10(14)12(8)15-11/h4-6,8,10,12,14H,1-3H2. The zero-order valence-electron chi connectivity index (χ0n) is 8.32. The molecule has 3 heteroatoms. The maximum atomic E-state index is 9.86. The molecule has 3 unspecified atom stereocenters. The van der Waals surface area contributed by atoms with Gasteiger partial charge in [-0.05, 0) is 37.5 Å². The Hall–Kier alpha value is -0.730. The summed E-state index contributed by atoms with van der Waals surface area (Å²) in [5, 5.41) is 10.6. The summed E-state index contributed by atoms with van der Waals surface area (Å²) in [5.41, 5.74) is 1.17. The van der Waals surface area contributed by atoms with Gasteiger partial charge < -0.3 is 9.84 Å². The highest BCUT2D eigenvalue weighted by Gasteiger charge is 2.41. The Kier molecular flexibility index (Phi) is 2.15. The van der Waals surface area contributed by atoms with Gasteiger partial charge in [0.25, 0.3) is 0 Å². The molecule has 1 heterocycles. The lowest BCUT2D eigenvalue weighted by atomic mass is 9.82. The van der Waals surface area contributed by atoms with Crippen LogP contribution in [0.5, 0.6) is 5.75 Å². The predicted octanol–water partition coefficient (Wildman–Crippen LogP) is 2.73. The zero-order chi connectivity index (χ0) is 10.4. The fourth-order valence-corrected chi connectivity index (χ4v) is 2.88. The quantitative estimate of drug-likeness (QED) is 0.734. The lowest BCUT2D eigenvalue weighted by molar-refractivity contribution is 0.00933. The molecule has 2 aliphatic rings. The van der Waals surface area contributed by atoms with Crippen LogP contribution in [-0.2, 0) is 0 Å². The Labute approximate surface area is 93.8 Å². The summed E-state index contributed by atoms with van der Waals surface area (Å²) in [6.45, 7) is 0. The van der Waals surface area contributed by atoms with Gasteiger partial charge in [0.05, 0.1) is 6.10 Å². The van der Waals surface area contributed by atoms with Crippen LogP contribution in [-0.4, -0.2) is 17.3 Å². The minimum absolute atomic E-state index is 0.0489. The van der Waals surface area contributed by atoms with Crippen LogP contribution in [0.25, 0.3) is 0 Å². The molecule has 1 aromatic carbocycles. The number of benzene rings is 1. The van der Waals surface area contributed by atoms with Crippen molar-refractivity contribution in [1.29, 1.82) is 0 Å². The van der Waals surface area contributed by atoms with Crippen LogP contribution in [0.4, 0.5) is 0 Å². The fourth-order valence-electron chi connectivity index (χ4n) is 2.70. The van der Waals surface area contributed by atoms with Gasteiger partial charge in [-0.1, -0.05) is 11.6 Å².